The molecule has 0 bridgehead atoms. The first-order chi connectivity index (χ1) is 5.83. The van der Waals surface area contributed by atoms with E-state index in [4.69, 9.17) is 4.84 Å². The summed E-state index contributed by atoms with van der Waals surface area (Å²) in [5, 5.41) is 10.3. The number of hydrogen-bond acceptors (Lipinski definition) is 2. The quantitative estimate of drug-likeness (QED) is 0.689. The van der Waals surface area contributed by atoms with Crippen molar-refractivity contribution in [3.8, 4) is 5.88 Å². The van der Waals surface area contributed by atoms with Gasteiger partial charge in [-0.3, -0.25) is 0 Å². The summed E-state index contributed by atoms with van der Waals surface area (Å²) in [7, 11) is 1.52. The molecular formula is C9H9NO2. The van der Waals surface area contributed by atoms with Crippen molar-refractivity contribution < 1.29 is 9.94 Å². The molecule has 1 aromatic heterocycles. The van der Waals surface area contributed by atoms with E-state index in [2.05, 4.69) is 0 Å². The second-order valence-electron chi connectivity index (χ2n) is 2.54. The number of hydrogen-bond donors (Lipinski definition) is 1. The minimum Gasteiger partial charge on any atom is -0.492 e. The number of rotatable bonds is 1. The first-order valence-electron chi connectivity index (χ1n) is 3.67. The van der Waals surface area contributed by atoms with E-state index < -0.39 is 0 Å². The number of aromatic nitrogens is 1. The van der Waals surface area contributed by atoms with E-state index >= 15 is 0 Å². The van der Waals surface area contributed by atoms with Crippen molar-refractivity contribution in [3.63, 3.8) is 0 Å². The van der Waals surface area contributed by atoms with Crippen molar-refractivity contribution in [2.45, 2.75) is 0 Å². The summed E-state index contributed by atoms with van der Waals surface area (Å²) >= 11 is 0. The Morgan fingerprint density at radius 2 is 2.08 bits per heavy atom. The molecule has 1 heterocycles. The number of aromatic hydroxyl groups is 1. The van der Waals surface area contributed by atoms with Crippen molar-refractivity contribution in [3.05, 3.63) is 30.3 Å². The van der Waals surface area contributed by atoms with Gasteiger partial charge in [-0.05, 0) is 6.07 Å². The lowest BCUT2D eigenvalue weighted by molar-refractivity contribution is 0.152. The van der Waals surface area contributed by atoms with Gasteiger partial charge in [0.2, 0.25) is 5.88 Å². The standard InChI is InChI=1S/C9H9NO2/c1-12-10-8-5-3-2-4-7(8)6-9(10)11/h2-6,11H,1H3. The van der Waals surface area contributed by atoms with Crippen molar-refractivity contribution in [2.24, 2.45) is 0 Å². The van der Waals surface area contributed by atoms with Crippen LogP contribution in [-0.4, -0.2) is 16.9 Å². The normalized spacial score (nSPS) is 10.4. The molecule has 2 aromatic rings. The molecule has 12 heavy (non-hydrogen) atoms. The lowest BCUT2D eigenvalue weighted by Gasteiger charge is -2.02. The average molecular weight is 163 g/mol. The van der Waals surface area contributed by atoms with Crippen LogP contribution in [0.3, 0.4) is 0 Å². The van der Waals surface area contributed by atoms with E-state index in [1.54, 1.807) is 6.07 Å². The molecule has 0 saturated heterocycles. The highest BCUT2D eigenvalue weighted by Crippen LogP contribution is 2.22. The number of benzene rings is 1. The van der Waals surface area contributed by atoms with Crippen LogP contribution in [0, 0.1) is 0 Å². The monoisotopic (exact) mass is 163 g/mol. The minimum atomic E-state index is 0.124. The molecule has 0 unspecified atom stereocenters. The van der Waals surface area contributed by atoms with Crippen molar-refractivity contribution >= 4 is 10.9 Å². The lowest BCUT2D eigenvalue weighted by Crippen LogP contribution is -2.03. The molecule has 0 atom stereocenters. The second-order valence-corrected chi connectivity index (χ2v) is 2.54. The van der Waals surface area contributed by atoms with Gasteiger partial charge >= 0.3 is 0 Å². The average Bonchev–Trinajstić information content (AvgIpc) is 2.40. The van der Waals surface area contributed by atoms with E-state index in [-0.39, 0.29) is 5.88 Å². The number of fused-ring (bicyclic) bond motifs is 1. The highest BCUT2D eigenvalue weighted by molar-refractivity contribution is 5.81. The topological polar surface area (TPSA) is 34.4 Å². The van der Waals surface area contributed by atoms with Crippen LogP contribution >= 0.6 is 0 Å². The summed E-state index contributed by atoms with van der Waals surface area (Å²) in [5.74, 6) is 0.124. The summed E-state index contributed by atoms with van der Waals surface area (Å²) in [5.41, 5.74) is 0.873. The van der Waals surface area contributed by atoms with Gasteiger partial charge in [0.05, 0.1) is 5.52 Å². The molecule has 0 aliphatic heterocycles. The zero-order valence-electron chi connectivity index (χ0n) is 6.69. The highest BCUT2D eigenvalue weighted by atomic mass is 16.7. The molecule has 62 valence electrons. The first kappa shape index (κ1) is 7.03. The predicted octanol–water partition coefficient (Wildman–Crippen LogP) is 1.41. The maximum atomic E-state index is 9.37. The molecule has 0 fully saturated rings. The molecule has 0 amide bonds. The van der Waals surface area contributed by atoms with Crippen LogP contribution in [0.2, 0.25) is 0 Å². The largest absolute Gasteiger partial charge is 0.492 e. The molecule has 0 spiro atoms. The Kier molecular flexibility index (Phi) is 1.43. The molecule has 1 aromatic carbocycles. The third kappa shape index (κ3) is 0.830. The predicted molar refractivity (Wildman–Crippen MR) is 46.1 cm³/mol. The first-order valence-corrected chi connectivity index (χ1v) is 3.67. The Morgan fingerprint density at radius 3 is 2.83 bits per heavy atom. The van der Waals surface area contributed by atoms with Crippen LogP contribution < -0.4 is 4.84 Å². The fraction of sp³-hybridized carbons (Fsp3) is 0.111. The fourth-order valence-electron chi connectivity index (χ4n) is 1.31. The zero-order valence-corrected chi connectivity index (χ0v) is 6.69. The third-order valence-electron chi connectivity index (χ3n) is 1.83. The van der Waals surface area contributed by atoms with Crippen molar-refractivity contribution in [1.82, 2.24) is 4.73 Å². The van der Waals surface area contributed by atoms with Crippen molar-refractivity contribution in [1.29, 1.82) is 0 Å². The van der Waals surface area contributed by atoms with E-state index in [0.29, 0.717) is 0 Å². The molecule has 0 aliphatic rings. The summed E-state index contributed by atoms with van der Waals surface area (Å²) in [6, 6.07) is 9.29. The van der Waals surface area contributed by atoms with Gasteiger partial charge in [0.15, 0.2) is 0 Å². The van der Waals surface area contributed by atoms with Crippen molar-refractivity contribution in [2.75, 3.05) is 7.11 Å². The molecule has 1 N–H and O–H groups in total. The molecule has 2 rings (SSSR count). The Morgan fingerprint density at radius 1 is 1.33 bits per heavy atom. The smallest absolute Gasteiger partial charge is 0.226 e. The van der Waals surface area contributed by atoms with Gasteiger partial charge < -0.3 is 9.94 Å². The number of nitrogens with zero attached hydrogens (tertiary/aromatic N) is 1. The molecule has 0 aliphatic carbocycles. The third-order valence-corrected chi connectivity index (χ3v) is 1.83. The van der Waals surface area contributed by atoms with Crippen LogP contribution in [0.25, 0.3) is 10.9 Å². The van der Waals surface area contributed by atoms with Crippen LogP contribution in [0.5, 0.6) is 5.88 Å². The molecule has 3 heteroatoms. The van der Waals surface area contributed by atoms with Crippen LogP contribution in [0.15, 0.2) is 30.3 Å². The second kappa shape index (κ2) is 2.44. The Labute approximate surface area is 69.8 Å². The van der Waals surface area contributed by atoms with Gasteiger partial charge in [0, 0.05) is 11.5 Å². The van der Waals surface area contributed by atoms with E-state index in [1.165, 1.54) is 11.8 Å². The van der Waals surface area contributed by atoms with E-state index in [0.717, 1.165) is 10.9 Å². The van der Waals surface area contributed by atoms with Gasteiger partial charge in [-0.15, -0.1) is 4.73 Å². The maximum Gasteiger partial charge on any atom is 0.226 e. The van der Waals surface area contributed by atoms with E-state index in [9.17, 15) is 5.11 Å². The van der Waals surface area contributed by atoms with E-state index in [1.807, 2.05) is 24.3 Å². The van der Waals surface area contributed by atoms with Gasteiger partial charge in [-0.2, -0.15) is 0 Å². The van der Waals surface area contributed by atoms with Gasteiger partial charge in [-0.1, -0.05) is 18.2 Å². The number of para-hydroxylation sites is 1. The Balaban J connectivity index is 2.81. The summed E-state index contributed by atoms with van der Waals surface area (Å²) in [4.78, 5) is 4.96. The SMILES string of the molecule is COn1c(O)cc2ccccc21. The molecule has 0 radical (unpaired) electrons. The zero-order chi connectivity index (χ0) is 8.55. The summed E-state index contributed by atoms with van der Waals surface area (Å²) in [6.45, 7) is 0. The van der Waals surface area contributed by atoms with Gasteiger partial charge in [0.1, 0.15) is 7.11 Å². The molecule has 0 saturated carbocycles. The summed E-state index contributed by atoms with van der Waals surface area (Å²) < 4.78 is 1.38. The maximum absolute atomic E-state index is 9.37. The Hall–Kier alpha value is -1.64. The fourth-order valence-corrected chi connectivity index (χ4v) is 1.31. The minimum absolute atomic E-state index is 0.124. The van der Waals surface area contributed by atoms with Crippen LogP contribution in [-0.2, 0) is 0 Å². The lowest BCUT2D eigenvalue weighted by atomic mass is 10.3. The Bertz CT molecular complexity index is 406. The highest BCUT2D eigenvalue weighted by Gasteiger charge is 2.05. The molecule has 3 nitrogen and oxygen atoms in total. The van der Waals surface area contributed by atoms with Gasteiger partial charge in [-0.25, -0.2) is 0 Å². The summed E-state index contributed by atoms with van der Waals surface area (Å²) in [6.07, 6.45) is 0. The molecular weight excluding hydrogens is 154 g/mol. The van der Waals surface area contributed by atoms with Crippen LogP contribution in [0.4, 0.5) is 0 Å². The van der Waals surface area contributed by atoms with Crippen LogP contribution in [0.1, 0.15) is 0 Å². The van der Waals surface area contributed by atoms with Gasteiger partial charge in [0.25, 0.3) is 0 Å².